The second kappa shape index (κ2) is 4.87. The first-order valence-electron chi connectivity index (χ1n) is 5.57. The van der Waals surface area contributed by atoms with Crippen molar-refractivity contribution in [2.45, 2.75) is 12.6 Å². The van der Waals surface area contributed by atoms with Gasteiger partial charge in [-0.1, -0.05) is 24.3 Å². The lowest BCUT2D eigenvalue weighted by atomic mass is 10.1. The summed E-state index contributed by atoms with van der Waals surface area (Å²) in [7, 11) is 0. The van der Waals surface area contributed by atoms with Gasteiger partial charge in [0.1, 0.15) is 0 Å². The zero-order valence-electron chi connectivity index (χ0n) is 9.78. The largest absolute Gasteiger partial charge is 0.392 e. The monoisotopic (exact) mass is 269 g/mol. The van der Waals surface area contributed by atoms with E-state index in [1.807, 2.05) is 0 Å². The molecular formula is C13H10F3NO2. The van der Waals surface area contributed by atoms with Gasteiger partial charge in [-0.05, 0) is 12.1 Å². The molecule has 100 valence electrons. The lowest BCUT2D eigenvalue weighted by Crippen LogP contribution is -2.29. The minimum atomic E-state index is -4.28. The topological polar surface area (TPSA) is 37.4 Å². The van der Waals surface area contributed by atoms with Crippen LogP contribution < -0.4 is 0 Å². The van der Waals surface area contributed by atoms with Crippen molar-refractivity contribution in [2.24, 2.45) is 0 Å². The normalized spacial score (nSPS) is 15.4. The van der Waals surface area contributed by atoms with Crippen LogP contribution >= 0.6 is 0 Å². The number of benzene rings is 1. The molecule has 1 aromatic rings. The van der Waals surface area contributed by atoms with Gasteiger partial charge >= 0.3 is 6.18 Å². The molecule has 0 unspecified atom stereocenters. The van der Waals surface area contributed by atoms with E-state index in [2.05, 4.69) is 0 Å². The molecule has 1 aliphatic heterocycles. The van der Waals surface area contributed by atoms with Gasteiger partial charge in [-0.2, -0.15) is 13.2 Å². The second-order valence-corrected chi connectivity index (χ2v) is 4.06. The molecule has 0 radical (unpaired) electrons. The Kier molecular flexibility index (Phi) is 3.42. The minimum absolute atomic E-state index is 0.150. The number of amides is 2. The van der Waals surface area contributed by atoms with Crippen LogP contribution in [0.25, 0.3) is 0 Å². The third-order valence-electron chi connectivity index (χ3n) is 2.68. The Labute approximate surface area is 107 Å². The van der Waals surface area contributed by atoms with Gasteiger partial charge in [0.2, 0.25) is 0 Å². The van der Waals surface area contributed by atoms with Crippen molar-refractivity contribution in [3.8, 4) is 0 Å². The highest BCUT2D eigenvalue weighted by Gasteiger charge is 2.34. The van der Waals surface area contributed by atoms with E-state index >= 15 is 0 Å². The van der Waals surface area contributed by atoms with E-state index in [0.717, 1.165) is 11.0 Å². The van der Waals surface area contributed by atoms with Gasteiger partial charge in [0, 0.05) is 6.54 Å². The maximum absolute atomic E-state index is 11.9. The van der Waals surface area contributed by atoms with Gasteiger partial charge in [0.25, 0.3) is 11.8 Å². The molecule has 0 aromatic heterocycles. The number of alkyl halides is 3. The van der Waals surface area contributed by atoms with Crippen molar-refractivity contribution < 1.29 is 22.8 Å². The number of imide groups is 1. The number of allylic oxidation sites excluding steroid dienone is 1. The predicted molar refractivity (Wildman–Crippen MR) is 61.6 cm³/mol. The number of carbonyl (C=O) groups excluding carboxylic acids is 2. The predicted octanol–water partition coefficient (Wildman–Crippen LogP) is 2.79. The average molecular weight is 269 g/mol. The van der Waals surface area contributed by atoms with Crippen LogP contribution in [0.2, 0.25) is 0 Å². The van der Waals surface area contributed by atoms with E-state index < -0.39 is 24.4 Å². The summed E-state index contributed by atoms with van der Waals surface area (Å²) in [5.41, 5.74) is 0.577. The third kappa shape index (κ3) is 2.83. The van der Waals surface area contributed by atoms with Gasteiger partial charge in [0.05, 0.1) is 17.5 Å². The zero-order chi connectivity index (χ0) is 14.0. The Morgan fingerprint density at radius 1 is 1.00 bits per heavy atom. The van der Waals surface area contributed by atoms with Crippen LogP contribution in [0, 0.1) is 0 Å². The first-order chi connectivity index (χ1) is 8.90. The van der Waals surface area contributed by atoms with E-state index in [0.29, 0.717) is 0 Å². The summed E-state index contributed by atoms with van der Waals surface area (Å²) in [4.78, 5) is 24.6. The van der Waals surface area contributed by atoms with E-state index in [1.165, 1.54) is 18.2 Å². The number of hydrogen-bond acceptors (Lipinski definition) is 2. The minimum Gasteiger partial charge on any atom is -0.270 e. The first kappa shape index (κ1) is 13.3. The van der Waals surface area contributed by atoms with E-state index in [4.69, 9.17) is 0 Å². The van der Waals surface area contributed by atoms with Crippen LogP contribution in [-0.2, 0) is 0 Å². The second-order valence-electron chi connectivity index (χ2n) is 4.06. The summed E-state index contributed by atoms with van der Waals surface area (Å²) in [6, 6.07) is 6.31. The van der Waals surface area contributed by atoms with E-state index in [1.54, 1.807) is 12.1 Å². The summed E-state index contributed by atoms with van der Waals surface area (Å²) < 4.78 is 35.8. The molecular weight excluding hydrogens is 259 g/mol. The summed E-state index contributed by atoms with van der Waals surface area (Å²) in [6.45, 7) is -0.150. The molecule has 0 saturated carbocycles. The molecule has 0 aliphatic carbocycles. The molecule has 3 nitrogen and oxygen atoms in total. The first-order valence-corrected chi connectivity index (χ1v) is 5.57. The SMILES string of the molecule is O=C1c2ccccc2C(=O)N1C/C=C/CC(F)(F)F. The third-order valence-corrected chi connectivity index (χ3v) is 2.68. The standard InChI is InChI=1S/C13H10F3NO2/c14-13(15,16)7-3-4-8-17-11(18)9-5-1-2-6-10(9)12(17)19/h1-6H,7-8H2/b4-3+. The van der Waals surface area contributed by atoms with Crippen LogP contribution in [0.3, 0.4) is 0 Å². The lowest BCUT2D eigenvalue weighted by Gasteiger charge is -2.10. The molecule has 2 amide bonds. The summed E-state index contributed by atoms with van der Waals surface area (Å²) >= 11 is 0. The molecule has 2 rings (SSSR count). The Balaban J connectivity index is 2.05. The quantitative estimate of drug-likeness (QED) is 0.625. The Morgan fingerprint density at radius 2 is 1.53 bits per heavy atom. The smallest absolute Gasteiger partial charge is 0.270 e. The van der Waals surface area contributed by atoms with Gasteiger partial charge < -0.3 is 0 Å². The molecule has 1 aromatic carbocycles. The Bertz CT molecular complexity index is 514. The van der Waals surface area contributed by atoms with Crippen molar-refractivity contribution in [1.82, 2.24) is 4.90 Å². The molecule has 6 heteroatoms. The fraction of sp³-hybridized carbons (Fsp3) is 0.231. The number of nitrogens with zero attached hydrogens (tertiary/aromatic N) is 1. The van der Waals surface area contributed by atoms with Gasteiger partial charge in [-0.3, -0.25) is 14.5 Å². The highest BCUT2D eigenvalue weighted by molar-refractivity contribution is 6.21. The molecule has 1 heterocycles. The number of fused-ring (bicyclic) bond motifs is 1. The molecule has 19 heavy (non-hydrogen) atoms. The van der Waals surface area contributed by atoms with Gasteiger partial charge in [-0.15, -0.1) is 0 Å². The van der Waals surface area contributed by atoms with E-state index in [-0.39, 0.29) is 17.7 Å². The fourth-order valence-corrected chi connectivity index (χ4v) is 1.80. The zero-order valence-corrected chi connectivity index (χ0v) is 9.78. The maximum Gasteiger partial charge on any atom is 0.392 e. The molecule has 0 bridgehead atoms. The van der Waals surface area contributed by atoms with Gasteiger partial charge in [-0.25, -0.2) is 0 Å². The van der Waals surface area contributed by atoms with Crippen LogP contribution in [0.1, 0.15) is 27.1 Å². The number of rotatable bonds is 3. The highest BCUT2D eigenvalue weighted by Crippen LogP contribution is 2.23. The van der Waals surface area contributed by atoms with Crippen molar-refractivity contribution in [2.75, 3.05) is 6.54 Å². The lowest BCUT2D eigenvalue weighted by molar-refractivity contribution is -0.125. The number of halogens is 3. The number of hydrogen-bond donors (Lipinski definition) is 0. The average Bonchev–Trinajstić information content (AvgIpc) is 2.58. The van der Waals surface area contributed by atoms with Crippen molar-refractivity contribution in [3.05, 3.63) is 47.5 Å². The summed E-state index contributed by atoms with van der Waals surface area (Å²) in [5, 5.41) is 0. The van der Waals surface area contributed by atoms with Crippen LogP contribution in [0.4, 0.5) is 13.2 Å². The Morgan fingerprint density at radius 3 is 2.00 bits per heavy atom. The molecule has 0 atom stereocenters. The molecule has 1 aliphatic rings. The number of carbonyl (C=O) groups is 2. The molecule has 0 saturated heterocycles. The summed E-state index contributed by atoms with van der Waals surface area (Å²) in [5.74, 6) is -0.950. The maximum atomic E-state index is 11.9. The van der Waals surface area contributed by atoms with E-state index in [9.17, 15) is 22.8 Å². The molecule has 0 spiro atoms. The van der Waals surface area contributed by atoms with Crippen molar-refractivity contribution in [3.63, 3.8) is 0 Å². The van der Waals surface area contributed by atoms with Crippen molar-refractivity contribution in [1.29, 1.82) is 0 Å². The Hall–Kier alpha value is -2.11. The van der Waals surface area contributed by atoms with Crippen LogP contribution in [-0.4, -0.2) is 29.4 Å². The van der Waals surface area contributed by atoms with Crippen LogP contribution in [0.15, 0.2) is 36.4 Å². The summed E-state index contributed by atoms with van der Waals surface area (Å²) in [6.07, 6.45) is -3.27. The highest BCUT2D eigenvalue weighted by atomic mass is 19.4. The van der Waals surface area contributed by atoms with Gasteiger partial charge in [0.15, 0.2) is 0 Å². The fourth-order valence-electron chi connectivity index (χ4n) is 1.80. The van der Waals surface area contributed by atoms with Crippen molar-refractivity contribution >= 4 is 11.8 Å². The molecule has 0 fully saturated rings. The molecule has 0 N–H and O–H groups in total. The van der Waals surface area contributed by atoms with Crippen LogP contribution in [0.5, 0.6) is 0 Å².